The van der Waals surface area contributed by atoms with Gasteiger partial charge in [-0.25, -0.2) is 9.59 Å². The normalized spacial score (nSPS) is 17.6. The van der Waals surface area contributed by atoms with Gasteiger partial charge in [0, 0.05) is 19.5 Å². The van der Waals surface area contributed by atoms with Crippen molar-refractivity contribution >= 4 is 17.9 Å². The van der Waals surface area contributed by atoms with Gasteiger partial charge < -0.3 is 21.1 Å². The van der Waals surface area contributed by atoms with E-state index in [1.807, 2.05) is 6.92 Å². The number of amides is 3. The van der Waals surface area contributed by atoms with Crippen molar-refractivity contribution < 1.29 is 19.5 Å². The Kier molecular flexibility index (Phi) is 6.27. The molecule has 1 heterocycles. The average Bonchev–Trinajstić information content (AvgIpc) is 2.38. The molecule has 7 heteroatoms. The SMILES string of the molecule is CCCC(NC(=O)N1CCC(CC(N)=O)CC1)C(=O)O. The number of rotatable bonds is 6. The number of nitrogens with one attached hydrogen (secondary N) is 1. The van der Waals surface area contributed by atoms with Crippen LogP contribution < -0.4 is 11.1 Å². The Morgan fingerprint density at radius 1 is 1.35 bits per heavy atom. The van der Waals surface area contributed by atoms with E-state index >= 15 is 0 Å². The third-order valence-corrected chi connectivity index (χ3v) is 3.56. The molecule has 3 amide bonds. The van der Waals surface area contributed by atoms with Gasteiger partial charge >= 0.3 is 12.0 Å². The molecular weight excluding hydrogens is 262 g/mol. The molecular formula is C13H23N3O4. The molecule has 1 atom stereocenters. The van der Waals surface area contributed by atoms with Crippen LogP contribution >= 0.6 is 0 Å². The lowest BCUT2D eigenvalue weighted by Gasteiger charge is -2.32. The molecule has 1 aliphatic heterocycles. The van der Waals surface area contributed by atoms with Crippen LogP contribution in [0.2, 0.25) is 0 Å². The van der Waals surface area contributed by atoms with E-state index in [1.165, 1.54) is 0 Å². The summed E-state index contributed by atoms with van der Waals surface area (Å²) in [6.45, 7) is 2.93. The monoisotopic (exact) mass is 285 g/mol. The number of carboxylic acid groups (broad SMARTS) is 1. The Bertz CT molecular complexity index is 365. The smallest absolute Gasteiger partial charge is 0.326 e. The minimum absolute atomic E-state index is 0.225. The van der Waals surface area contributed by atoms with Gasteiger partial charge in [-0.05, 0) is 25.2 Å². The minimum Gasteiger partial charge on any atom is -0.480 e. The van der Waals surface area contributed by atoms with Gasteiger partial charge in [0.25, 0.3) is 0 Å². The Morgan fingerprint density at radius 2 is 1.95 bits per heavy atom. The molecule has 0 spiro atoms. The predicted octanol–water partition coefficient (Wildman–Crippen LogP) is 0.537. The highest BCUT2D eigenvalue weighted by molar-refractivity contribution is 5.82. The topological polar surface area (TPSA) is 113 Å². The van der Waals surface area contributed by atoms with Crippen molar-refractivity contribution in [2.45, 2.75) is 45.1 Å². The number of nitrogens with two attached hydrogens (primary N) is 1. The summed E-state index contributed by atoms with van der Waals surface area (Å²) >= 11 is 0. The Morgan fingerprint density at radius 3 is 2.40 bits per heavy atom. The highest BCUT2D eigenvalue weighted by atomic mass is 16.4. The Balaban J connectivity index is 2.42. The molecule has 1 aliphatic rings. The zero-order chi connectivity index (χ0) is 15.1. The second-order valence-electron chi connectivity index (χ2n) is 5.23. The Labute approximate surface area is 118 Å². The molecule has 1 unspecified atom stereocenters. The van der Waals surface area contributed by atoms with Crippen molar-refractivity contribution in [2.24, 2.45) is 11.7 Å². The number of aliphatic carboxylic acids is 1. The first kappa shape index (κ1) is 16.3. The van der Waals surface area contributed by atoms with Crippen LogP contribution in [-0.4, -0.2) is 47.0 Å². The van der Waals surface area contributed by atoms with Crippen LogP contribution in [0.3, 0.4) is 0 Å². The van der Waals surface area contributed by atoms with E-state index in [-0.39, 0.29) is 17.9 Å². The van der Waals surface area contributed by atoms with E-state index in [2.05, 4.69) is 5.32 Å². The zero-order valence-electron chi connectivity index (χ0n) is 11.8. The molecule has 0 aliphatic carbocycles. The number of primary amides is 1. The summed E-state index contributed by atoms with van der Waals surface area (Å²) in [5.74, 6) is -1.10. The molecule has 0 aromatic rings. The van der Waals surface area contributed by atoms with Crippen LogP contribution in [0.4, 0.5) is 4.79 Å². The summed E-state index contributed by atoms with van der Waals surface area (Å²) in [5.41, 5.74) is 5.15. The molecule has 4 N–H and O–H groups in total. The van der Waals surface area contributed by atoms with Crippen LogP contribution in [-0.2, 0) is 9.59 Å². The number of hydrogen-bond donors (Lipinski definition) is 3. The quantitative estimate of drug-likeness (QED) is 0.661. The Hall–Kier alpha value is -1.79. The van der Waals surface area contributed by atoms with Crippen LogP contribution in [0.25, 0.3) is 0 Å². The second kappa shape index (κ2) is 7.72. The minimum atomic E-state index is -1.01. The maximum atomic E-state index is 12.0. The van der Waals surface area contributed by atoms with E-state index < -0.39 is 12.0 Å². The molecule has 7 nitrogen and oxygen atoms in total. The van der Waals surface area contributed by atoms with Gasteiger partial charge in [0.05, 0.1) is 0 Å². The largest absolute Gasteiger partial charge is 0.480 e. The first-order valence-electron chi connectivity index (χ1n) is 7.00. The van der Waals surface area contributed by atoms with Crippen molar-refractivity contribution in [3.63, 3.8) is 0 Å². The summed E-state index contributed by atoms with van der Waals surface area (Å²) in [7, 11) is 0. The van der Waals surface area contributed by atoms with Crippen molar-refractivity contribution in [1.82, 2.24) is 10.2 Å². The predicted molar refractivity (Wildman–Crippen MR) is 73.0 cm³/mol. The maximum absolute atomic E-state index is 12.0. The van der Waals surface area contributed by atoms with Crippen LogP contribution in [0.5, 0.6) is 0 Å². The van der Waals surface area contributed by atoms with Crippen molar-refractivity contribution in [3.05, 3.63) is 0 Å². The lowest BCUT2D eigenvalue weighted by Crippen LogP contribution is -2.50. The fourth-order valence-electron chi connectivity index (χ4n) is 2.41. The lowest BCUT2D eigenvalue weighted by molar-refractivity contribution is -0.139. The first-order valence-corrected chi connectivity index (χ1v) is 7.00. The number of urea groups is 1. The van der Waals surface area contributed by atoms with Gasteiger partial charge in [-0.2, -0.15) is 0 Å². The third-order valence-electron chi connectivity index (χ3n) is 3.56. The van der Waals surface area contributed by atoms with Gasteiger partial charge in [0.1, 0.15) is 6.04 Å². The van der Waals surface area contributed by atoms with Crippen molar-refractivity contribution in [3.8, 4) is 0 Å². The van der Waals surface area contributed by atoms with Crippen molar-refractivity contribution in [1.29, 1.82) is 0 Å². The summed E-state index contributed by atoms with van der Waals surface area (Å²) < 4.78 is 0. The van der Waals surface area contributed by atoms with E-state index in [9.17, 15) is 14.4 Å². The lowest BCUT2D eigenvalue weighted by atomic mass is 9.93. The number of carboxylic acids is 1. The standard InChI is InChI=1S/C13H23N3O4/c1-2-3-10(12(18)19)15-13(20)16-6-4-9(5-7-16)8-11(14)17/h9-10H,2-8H2,1H3,(H2,14,17)(H,15,20)(H,18,19). The van der Waals surface area contributed by atoms with Crippen LogP contribution in [0.1, 0.15) is 39.0 Å². The number of likely N-dealkylation sites (tertiary alicyclic amines) is 1. The second-order valence-corrected chi connectivity index (χ2v) is 5.23. The highest BCUT2D eigenvalue weighted by Gasteiger charge is 2.26. The van der Waals surface area contributed by atoms with Crippen molar-refractivity contribution in [2.75, 3.05) is 13.1 Å². The molecule has 20 heavy (non-hydrogen) atoms. The molecule has 1 rings (SSSR count). The van der Waals surface area contributed by atoms with Gasteiger partial charge in [0.2, 0.25) is 5.91 Å². The van der Waals surface area contributed by atoms with Gasteiger partial charge in [-0.1, -0.05) is 13.3 Å². The summed E-state index contributed by atoms with van der Waals surface area (Å²) in [4.78, 5) is 35.4. The number of hydrogen-bond acceptors (Lipinski definition) is 3. The van der Waals surface area contributed by atoms with E-state index in [4.69, 9.17) is 10.8 Å². The molecule has 1 fully saturated rings. The molecule has 0 bridgehead atoms. The van der Waals surface area contributed by atoms with E-state index in [0.29, 0.717) is 32.4 Å². The molecule has 1 saturated heterocycles. The van der Waals surface area contributed by atoms with E-state index in [0.717, 1.165) is 12.8 Å². The molecule has 0 saturated carbocycles. The van der Waals surface area contributed by atoms with Gasteiger partial charge in [-0.3, -0.25) is 4.79 Å². The average molecular weight is 285 g/mol. The van der Waals surface area contributed by atoms with Gasteiger partial charge in [-0.15, -0.1) is 0 Å². The summed E-state index contributed by atoms with van der Waals surface area (Å²) in [6, 6.07) is -1.18. The first-order chi connectivity index (χ1) is 9.43. The fourth-order valence-corrected chi connectivity index (χ4v) is 2.41. The number of carbonyl (C=O) groups is 3. The van der Waals surface area contributed by atoms with Crippen LogP contribution in [0, 0.1) is 5.92 Å². The fraction of sp³-hybridized carbons (Fsp3) is 0.769. The number of nitrogens with zero attached hydrogens (tertiary/aromatic N) is 1. The van der Waals surface area contributed by atoms with E-state index in [1.54, 1.807) is 4.90 Å². The van der Waals surface area contributed by atoms with Gasteiger partial charge in [0.15, 0.2) is 0 Å². The molecule has 0 aromatic carbocycles. The maximum Gasteiger partial charge on any atom is 0.326 e. The summed E-state index contributed by atoms with van der Waals surface area (Å²) in [6.07, 6.45) is 2.91. The third kappa shape index (κ3) is 5.07. The molecule has 114 valence electrons. The number of carbonyl (C=O) groups excluding carboxylic acids is 2. The molecule has 0 aromatic heterocycles. The van der Waals surface area contributed by atoms with Crippen LogP contribution in [0.15, 0.2) is 0 Å². The molecule has 0 radical (unpaired) electrons. The number of piperidine rings is 1. The summed E-state index contributed by atoms with van der Waals surface area (Å²) in [5, 5.41) is 11.5. The highest BCUT2D eigenvalue weighted by Crippen LogP contribution is 2.20. The zero-order valence-corrected chi connectivity index (χ0v) is 11.8.